The molecule has 0 aliphatic carbocycles. The highest BCUT2D eigenvalue weighted by Gasteiger charge is 2.34. The van der Waals surface area contributed by atoms with Crippen molar-refractivity contribution >= 4 is 39.9 Å². The number of nitrogens with two attached hydrogens (primary N) is 1. The number of ether oxygens (including phenoxy) is 1. The molecule has 0 radical (unpaired) electrons. The Kier molecular flexibility index (Phi) is 7.93. The van der Waals surface area contributed by atoms with Crippen molar-refractivity contribution < 1.29 is 13.2 Å². The topological polar surface area (TPSA) is 85.0 Å². The molecule has 1 aliphatic heterocycles. The SMILES string of the molecule is CN1Cc2ccccc2C(C)(c2ccc(Cl)cc2)N=C1COc1ccc(CS(N)(=O)=O)cc1.Cl. The first-order chi connectivity index (χ1) is 15.6. The summed E-state index contributed by atoms with van der Waals surface area (Å²) in [6, 6.07) is 23.0. The third-order valence-electron chi connectivity index (χ3n) is 5.81. The summed E-state index contributed by atoms with van der Waals surface area (Å²) in [5, 5.41) is 5.80. The second kappa shape index (κ2) is 10.4. The minimum atomic E-state index is -3.57. The van der Waals surface area contributed by atoms with Crippen molar-refractivity contribution in [2.24, 2.45) is 10.1 Å². The van der Waals surface area contributed by atoms with Gasteiger partial charge in [0, 0.05) is 18.6 Å². The number of amidine groups is 1. The maximum absolute atomic E-state index is 11.3. The number of rotatable bonds is 6. The Morgan fingerprint density at radius 1 is 1.06 bits per heavy atom. The zero-order chi connectivity index (χ0) is 23.6. The molecule has 0 spiro atoms. The molecule has 0 amide bonds. The quantitative estimate of drug-likeness (QED) is 0.509. The number of halogens is 2. The summed E-state index contributed by atoms with van der Waals surface area (Å²) >= 11 is 6.14. The molecule has 6 nitrogen and oxygen atoms in total. The Morgan fingerprint density at radius 3 is 2.35 bits per heavy atom. The predicted molar refractivity (Wildman–Crippen MR) is 139 cm³/mol. The Hall–Kier alpha value is -2.58. The zero-order valence-electron chi connectivity index (χ0n) is 18.9. The molecule has 0 bridgehead atoms. The predicted octanol–water partition coefficient (Wildman–Crippen LogP) is 4.74. The number of primary sulfonamides is 1. The van der Waals surface area contributed by atoms with Crippen LogP contribution in [0.1, 0.15) is 29.2 Å². The van der Waals surface area contributed by atoms with Crippen LogP contribution in [0.4, 0.5) is 0 Å². The van der Waals surface area contributed by atoms with E-state index in [1.807, 2.05) is 43.4 Å². The standard InChI is InChI=1S/C25H26ClN3O3S.ClH/c1-25(20-9-11-21(26)12-10-20)23-6-4-3-5-19(23)15-29(2)24(28-25)16-32-22-13-7-18(8-14-22)17-33(27,30)31;/h3-14H,15-17H2,1-2H3,(H2,27,30,31);1H. The lowest BCUT2D eigenvalue weighted by atomic mass is 9.83. The molecule has 180 valence electrons. The summed E-state index contributed by atoms with van der Waals surface area (Å²) < 4.78 is 28.6. The maximum atomic E-state index is 11.3. The normalized spacial score (nSPS) is 17.8. The third kappa shape index (κ3) is 5.91. The lowest BCUT2D eigenvalue weighted by Gasteiger charge is -2.28. The van der Waals surface area contributed by atoms with Crippen LogP contribution in [-0.2, 0) is 27.9 Å². The molecular formula is C25H27Cl2N3O3S. The van der Waals surface area contributed by atoms with Gasteiger partial charge in [-0.25, -0.2) is 13.6 Å². The van der Waals surface area contributed by atoms with E-state index in [-0.39, 0.29) is 24.8 Å². The Balaban J connectivity index is 0.00000324. The van der Waals surface area contributed by atoms with Gasteiger partial charge in [0.1, 0.15) is 23.7 Å². The van der Waals surface area contributed by atoms with Crippen molar-refractivity contribution in [2.45, 2.75) is 24.8 Å². The number of hydrogen-bond donors (Lipinski definition) is 1. The van der Waals surface area contributed by atoms with Gasteiger partial charge in [0.05, 0.1) is 5.75 Å². The van der Waals surface area contributed by atoms with E-state index in [4.69, 9.17) is 26.5 Å². The van der Waals surface area contributed by atoms with Crippen LogP contribution >= 0.6 is 24.0 Å². The van der Waals surface area contributed by atoms with Crippen molar-refractivity contribution in [3.8, 4) is 5.75 Å². The van der Waals surface area contributed by atoms with E-state index >= 15 is 0 Å². The number of hydrogen-bond acceptors (Lipinski definition) is 5. The smallest absolute Gasteiger partial charge is 0.213 e. The fourth-order valence-electron chi connectivity index (χ4n) is 4.08. The first-order valence-electron chi connectivity index (χ1n) is 10.5. The first kappa shape index (κ1) is 26.0. The summed E-state index contributed by atoms with van der Waals surface area (Å²) in [6.07, 6.45) is 0. The molecule has 0 aromatic heterocycles. The van der Waals surface area contributed by atoms with E-state index in [9.17, 15) is 8.42 Å². The van der Waals surface area contributed by atoms with E-state index in [1.165, 1.54) is 5.56 Å². The Bertz CT molecular complexity index is 1280. The highest BCUT2D eigenvalue weighted by molar-refractivity contribution is 7.88. The van der Waals surface area contributed by atoms with E-state index in [0.29, 0.717) is 22.9 Å². The van der Waals surface area contributed by atoms with Crippen molar-refractivity contribution in [1.29, 1.82) is 0 Å². The second-order valence-electron chi connectivity index (χ2n) is 8.36. The van der Waals surface area contributed by atoms with Crippen LogP contribution in [0, 0.1) is 0 Å². The molecule has 3 aromatic rings. The number of sulfonamides is 1. The molecule has 1 heterocycles. The summed E-state index contributed by atoms with van der Waals surface area (Å²) in [6.45, 7) is 3.08. The highest BCUT2D eigenvalue weighted by atomic mass is 35.5. The van der Waals surface area contributed by atoms with E-state index < -0.39 is 15.6 Å². The van der Waals surface area contributed by atoms with Gasteiger partial charge in [0.25, 0.3) is 0 Å². The molecule has 9 heteroatoms. The minimum Gasteiger partial charge on any atom is -0.486 e. The van der Waals surface area contributed by atoms with Crippen LogP contribution in [0.3, 0.4) is 0 Å². The number of fused-ring (bicyclic) bond motifs is 1. The van der Waals surface area contributed by atoms with Crippen LogP contribution in [0.25, 0.3) is 0 Å². The molecule has 3 aromatic carbocycles. The highest BCUT2D eigenvalue weighted by Crippen LogP contribution is 2.38. The van der Waals surface area contributed by atoms with Gasteiger partial charge >= 0.3 is 0 Å². The van der Waals surface area contributed by atoms with Crippen LogP contribution in [0.5, 0.6) is 5.75 Å². The molecule has 2 N–H and O–H groups in total. The summed E-state index contributed by atoms with van der Waals surface area (Å²) in [5.41, 5.74) is 3.38. The van der Waals surface area contributed by atoms with Crippen LogP contribution in [0.2, 0.25) is 5.02 Å². The summed E-state index contributed by atoms with van der Waals surface area (Å²) in [7, 11) is -1.57. The largest absolute Gasteiger partial charge is 0.486 e. The number of benzene rings is 3. The van der Waals surface area contributed by atoms with Crippen molar-refractivity contribution in [1.82, 2.24) is 4.90 Å². The van der Waals surface area contributed by atoms with Gasteiger partial charge in [-0.05, 0) is 53.4 Å². The molecule has 0 saturated heterocycles. The second-order valence-corrected chi connectivity index (χ2v) is 10.4. The first-order valence-corrected chi connectivity index (χ1v) is 12.6. The van der Waals surface area contributed by atoms with Gasteiger partial charge < -0.3 is 9.64 Å². The van der Waals surface area contributed by atoms with E-state index in [1.54, 1.807) is 24.3 Å². The molecular weight excluding hydrogens is 493 g/mol. The van der Waals surface area contributed by atoms with Crippen LogP contribution < -0.4 is 9.88 Å². The average molecular weight is 520 g/mol. The molecule has 4 rings (SSSR count). The molecule has 34 heavy (non-hydrogen) atoms. The number of nitrogens with zero attached hydrogens (tertiary/aromatic N) is 2. The van der Waals surface area contributed by atoms with E-state index in [0.717, 1.165) is 17.0 Å². The number of aliphatic imine (C=N–C) groups is 1. The van der Waals surface area contributed by atoms with Crippen molar-refractivity contribution in [3.63, 3.8) is 0 Å². The molecule has 1 unspecified atom stereocenters. The van der Waals surface area contributed by atoms with Crippen molar-refractivity contribution in [3.05, 3.63) is 100 Å². The molecule has 1 atom stereocenters. The van der Waals surface area contributed by atoms with Crippen molar-refractivity contribution in [2.75, 3.05) is 13.7 Å². The van der Waals surface area contributed by atoms with Gasteiger partial charge in [-0.3, -0.25) is 4.99 Å². The van der Waals surface area contributed by atoms with Gasteiger partial charge in [-0.2, -0.15) is 0 Å². The maximum Gasteiger partial charge on any atom is 0.213 e. The Labute approximate surface area is 211 Å². The number of likely N-dealkylation sites (N-methyl/N-ethyl adjacent to an activating group) is 1. The van der Waals surface area contributed by atoms with Crippen LogP contribution in [0.15, 0.2) is 77.8 Å². The van der Waals surface area contributed by atoms with Gasteiger partial charge in [0.15, 0.2) is 0 Å². The average Bonchev–Trinajstić information content (AvgIpc) is 2.87. The monoisotopic (exact) mass is 519 g/mol. The van der Waals surface area contributed by atoms with E-state index in [2.05, 4.69) is 24.0 Å². The fourth-order valence-corrected chi connectivity index (χ4v) is 4.87. The molecule has 0 saturated carbocycles. The van der Waals surface area contributed by atoms with Gasteiger partial charge in [0.2, 0.25) is 10.0 Å². The van der Waals surface area contributed by atoms with Gasteiger partial charge in [-0.1, -0.05) is 60.1 Å². The zero-order valence-corrected chi connectivity index (χ0v) is 21.3. The summed E-state index contributed by atoms with van der Waals surface area (Å²) in [5.74, 6) is 1.22. The fraction of sp³-hybridized carbons (Fsp3) is 0.240. The Morgan fingerprint density at radius 2 is 1.71 bits per heavy atom. The molecule has 0 fully saturated rings. The lowest BCUT2D eigenvalue weighted by molar-refractivity contribution is 0.347. The van der Waals surface area contributed by atoms with Gasteiger partial charge in [-0.15, -0.1) is 12.4 Å². The van der Waals surface area contributed by atoms with Crippen LogP contribution in [-0.4, -0.2) is 32.8 Å². The lowest BCUT2D eigenvalue weighted by Crippen LogP contribution is -2.32. The summed E-state index contributed by atoms with van der Waals surface area (Å²) in [4.78, 5) is 7.28. The third-order valence-corrected chi connectivity index (χ3v) is 6.80. The molecule has 1 aliphatic rings. The minimum absolute atomic E-state index is 0.